The van der Waals surface area contributed by atoms with Crippen LogP contribution in [-0.4, -0.2) is 4.57 Å². The minimum atomic E-state index is -0.102. The summed E-state index contributed by atoms with van der Waals surface area (Å²) in [4.78, 5) is 0. The van der Waals surface area contributed by atoms with Crippen molar-refractivity contribution >= 4 is 58.9 Å². The van der Waals surface area contributed by atoms with Crippen molar-refractivity contribution in [1.29, 1.82) is 0 Å². The zero-order valence-corrected chi connectivity index (χ0v) is 38.2. The van der Waals surface area contributed by atoms with E-state index in [1.54, 1.807) is 0 Å². The molecule has 1 aliphatic rings. The molecule has 2 aromatic heterocycles. The Morgan fingerprint density at radius 2 is 1.03 bits per heavy atom. The van der Waals surface area contributed by atoms with Crippen molar-refractivity contribution in [2.24, 2.45) is 0 Å². The number of aromatic nitrogens is 1. The number of hydrogen-bond donors (Lipinski definition) is 0. The van der Waals surface area contributed by atoms with Crippen LogP contribution in [0.1, 0.15) is 31.9 Å². The van der Waals surface area contributed by atoms with Gasteiger partial charge in [-0.15, -0.1) is 11.3 Å². The topological polar surface area (TPSA) is 4.93 Å². The zero-order valence-electron chi connectivity index (χ0n) is 37.3. The van der Waals surface area contributed by atoms with Crippen molar-refractivity contribution in [2.45, 2.75) is 26.2 Å². The van der Waals surface area contributed by atoms with E-state index in [2.05, 4.69) is 244 Å². The van der Waals surface area contributed by atoms with Gasteiger partial charge in [0.2, 0.25) is 0 Å². The average molecular weight is 862 g/mol. The molecule has 0 aliphatic heterocycles. The lowest BCUT2D eigenvalue weighted by atomic mass is 9.81. The quantitative estimate of drug-likeness (QED) is 0.134. The Balaban J connectivity index is 1.08. The third-order valence-corrected chi connectivity index (χ3v) is 15.3. The van der Waals surface area contributed by atoms with Crippen LogP contribution in [0.2, 0.25) is 0 Å². The first kappa shape index (κ1) is 39.8. The average Bonchev–Trinajstić information content (AvgIpc) is 3.98. The molecule has 0 atom stereocenters. The predicted octanol–water partition coefficient (Wildman–Crippen LogP) is 18.3. The Morgan fingerprint density at radius 3 is 1.79 bits per heavy atom. The Labute approximate surface area is 390 Å². The van der Waals surface area contributed by atoms with Crippen LogP contribution in [0.25, 0.3) is 109 Å². The fourth-order valence-electron chi connectivity index (χ4n) is 10.4. The van der Waals surface area contributed by atoms with E-state index in [0.717, 1.165) is 5.69 Å². The van der Waals surface area contributed by atoms with Crippen LogP contribution in [0.4, 0.5) is 0 Å². The van der Waals surface area contributed by atoms with E-state index in [1.807, 2.05) is 17.4 Å². The van der Waals surface area contributed by atoms with Crippen LogP contribution < -0.4 is 0 Å². The molecule has 0 N–H and O–H groups in total. The van der Waals surface area contributed by atoms with E-state index in [9.17, 15) is 0 Å². The van der Waals surface area contributed by atoms with Crippen LogP contribution in [0, 0.1) is 0 Å². The Hall–Kier alpha value is -7.78. The van der Waals surface area contributed by atoms with Gasteiger partial charge in [0.15, 0.2) is 0 Å². The fraction of sp³-hybridized carbons (Fsp3) is 0.0625. The molecule has 0 saturated carbocycles. The van der Waals surface area contributed by atoms with Crippen LogP contribution in [0.15, 0.2) is 231 Å². The maximum absolute atomic E-state index is 3.96. The van der Waals surface area contributed by atoms with Crippen molar-refractivity contribution in [3.63, 3.8) is 0 Å². The standard InChI is InChI=1S/C64H47NS/c1-5-6-21-52-41(2)64(3,4)59-39-46(31-32-53(52)59)57-37-50(38-58-56-23-14-16-25-62(56)66-63(57)58)49-35-47(44-28-26-43(27-29-44)42-17-9-7-10-18-42)34-48(36-49)45-30-33-55-54-22-13-15-24-60(54)65(61(55)40-45)51-19-11-8-12-20-51/h5-40H,1H2,2-4H3/b21-6-. The van der Waals surface area contributed by atoms with E-state index in [4.69, 9.17) is 0 Å². The lowest BCUT2D eigenvalue weighted by Gasteiger charge is -2.23. The molecule has 0 spiro atoms. The van der Waals surface area contributed by atoms with Crippen LogP contribution in [0.3, 0.4) is 0 Å². The molecule has 1 nitrogen and oxygen atoms in total. The second kappa shape index (κ2) is 15.7. The van der Waals surface area contributed by atoms with Gasteiger partial charge in [-0.2, -0.15) is 0 Å². The number of hydrogen-bond acceptors (Lipinski definition) is 1. The highest BCUT2D eigenvalue weighted by molar-refractivity contribution is 7.26. The van der Waals surface area contributed by atoms with Gasteiger partial charge in [-0.3, -0.25) is 0 Å². The van der Waals surface area contributed by atoms with Gasteiger partial charge in [-0.05, 0) is 140 Å². The molecule has 0 unspecified atom stereocenters. The van der Waals surface area contributed by atoms with Crippen molar-refractivity contribution in [3.05, 3.63) is 242 Å². The number of para-hydroxylation sites is 2. The van der Waals surface area contributed by atoms with Crippen LogP contribution >= 0.6 is 11.3 Å². The number of fused-ring (bicyclic) bond motifs is 7. The second-order valence-electron chi connectivity index (χ2n) is 18.2. The van der Waals surface area contributed by atoms with Crippen molar-refractivity contribution in [2.75, 3.05) is 0 Å². The minimum absolute atomic E-state index is 0.102. The zero-order chi connectivity index (χ0) is 44.5. The summed E-state index contributed by atoms with van der Waals surface area (Å²) in [5.41, 5.74) is 20.9. The molecule has 0 amide bonds. The molecule has 12 rings (SSSR count). The molecule has 0 radical (unpaired) electrons. The predicted molar refractivity (Wildman–Crippen MR) is 286 cm³/mol. The van der Waals surface area contributed by atoms with E-state index >= 15 is 0 Å². The first-order valence-electron chi connectivity index (χ1n) is 22.9. The molecule has 2 heteroatoms. The van der Waals surface area contributed by atoms with E-state index < -0.39 is 0 Å². The van der Waals surface area contributed by atoms with Crippen molar-refractivity contribution in [1.82, 2.24) is 4.57 Å². The number of rotatable bonds is 8. The van der Waals surface area contributed by atoms with Gasteiger partial charge in [0, 0.05) is 47.6 Å². The van der Waals surface area contributed by atoms with E-state index in [1.165, 1.54) is 120 Å². The van der Waals surface area contributed by atoms with Gasteiger partial charge >= 0.3 is 0 Å². The smallest absolute Gasteiger partial charge is 0.0547 e. The van der Waals surface area contributed by atoms with Crippen molar-refractivity contribution in [3.8, 4) is 61.3 Å². The maximum atomic E-state index is 3.96. The monoisotopic (exact) mass is 861 g/mol. The summed E-state index contributed by atoms with van der Waals surface area (Å²) in [7, 11) is 0. The van der Waals surface area contributed by atoms with Gasteiger partial charge in [-0.1, -0.05) is 178 Å². The highest BCUT2D eigenvalue weighted by Crippen LogP contribution is 2.50. The van der Waals surface area contributed by atoms with Gasteiger partial charge in [-0.25, -0.2) is 0 Å². The molecular weight excluding hydrogens is 815 g/mol. The third-order valence-electron chi connectivity index (χ3n) is 14.1. The highest BCUT2D eigenvalue weighted by atomic mass is 32.1. The molecule has 0 saturated heterocycles. The molecule has 9 aromatic carbocycles. The van der Waals surface area contributed by atoms with E-state index in [0.29, 0.717) is 0 Å². The Kier molecular flexibility index (Phi) is 9.48. The molecule has 314 valence electrons. The lowest BCUT2D eigenvalue weighted by Crippen LogP contribution is -2.15. The molecule has 66 heavy (non-hydrogen) atoms. The highest BCUT2D eigenvalue weighted by Gasteiger charge is 2.34. The number of allylic oxidation sites excluding steroid dienone is 5. The Bertz CT molecular complexity index is 3780. The summed E-state index contributed by atoms with van der Waals surface area (Å²) >= 11 is 1.90. The fourth-order valence-corrected chi connectivity index (χ4v) is 11.6. The molecule has 2 heterocycles. The summed E-state index contributed by atoms with van der Waals surface area (Å²) < 4.78 is 5.03. The molecule has 1 aliphatic carbocycles. The van der Waals surface area contributed by atoms with Crippen LogP contribution in [0.5, 0.6) is 0 Å². The van der Waals surface area contributed by atoms with Crippen LogP contribution in [-0.2, 0) is 5.41 Å². The SMILES string of the molecule is C=C/C=C\C1=C(C)C(C)(C)c2cc(-c3cc(-c4cc(-c5ccc(-c6ccccc6)cc5)cc(-c5ccc6c7ccccc7n(-c7ccccc7)c6c5)c4)cc4c3sc3ccccc34)ccc21. The molecule has 0 bridgehead atoms. The minimum Gasteiger partial charge on any atom is -0.309 e. The number of thiophene rings is 1. The molecule has 0 fully saturated rings. The lowest BCUT2D eigenvalue weighted by molar-refractivity contribution is 0.639. The van der Waals surface area contributed by atoms with E-state index in [-0.39, 0.29) is 5.41 Å². The first-order valence-corrected chi connectivity index (χ1v) is 23.7. The Morgan fingerprint density at radius 1 is 0.455 bits per heavy atom. The first-order chi connectivity index (χ1) is 32.3. The number of nitrogens with zero attached hydrogens (tertiary/aromatic N) is 1. The largest absolute Gasteiger partial charge is 0.309 e. The summed E-state index contributed by atoms with van der Waals surface area (Å²) in [6, 6.07) is 74.4. The second-order valence-corrected chi connectivity index (χ2v) is 19.2. The molecule has 11 aromatic rings. The van der Waals surface area contributed by atoms with Gasteiger partial charge in [0.05, 0.1) is 11.0 Å². The van der Waals surface area contributed by atoms with Crippen molar-refractivity contribution < 1.29 is 0 Å². The summed E-state index contributed by atoms with van der Waals surface area (Å²) in [6.45, 7) is 11.0. The normalized spacial score (nSPS) is 13.4. The maximum Gasteiger partial charge on any atom is 0.0547 e. The molecular formula is C64H47NS. The summed E-state index contributed by atoms with van der Waals surface area (Å²) in [5, 5.41) is 5.09. The van der Waals surface area contributed by atoms with Gasteiger partial charge < -0.3 is 4.57 Å². The third kappa shape index (κ3) is 6.51. The summed E-state index contributed by atoms with van der Waals surface area (Å²) in [5.74, 6) is 0. The van der Waals surface area contributed by atoms with Gasteiger partial charge in [0.1, 0.15) is 0 Å². The summed E-state index contributed by atoms with van der Waals surface area (Å²) in [6.07, 6.45) is 6.15. The van der Waals surface area contributed by atoms with Gasteiger partial charge in [0.25, 0.3) is 0 Å². The number of benzene rings is 9.